The monoisotopic (exact) mass is 352 g/mol. The highest BCUT2D eigenvalue weighted by Crippen LogP contribution is 2.14. The van der Waals surface area contributed by atoms with E-state index in [1.807, 2.05) is 19.9 Å². The van der Waals surface area contributed by atoms with Crippen LogP contribution < -0.4 is 14.9 Å². The number of carbonyl (C=O) groups excluding carboxylic acids is 2. The molecule has 5 nitrogen and oxygen atoms in total. The van der Waals surface area contributed by atoms with E-state index in [2.05, 4.69) is 0 Å². The average Bonchev–Trinajstić information content (AvgIpc) is 2.76. The minimum absolute atomic E-state index is 0.0169. The first-order valence-electron chi connectivity index (χ1n) is 8.18. The quantitative estimate of drug-likeness (QED) is 0.466. The number of carbonyl (C=O) groups is 2. The zero-order valence-electron chi connectivity index (χ0n) is 14.9. The first-order chi connectivity index (χ1) is 12.3. The molecule has 0 saturated carbocycles. The van der Waals surface area contributed by atoms with Crippen LogP contribution in [0.5, 0.6) is 11.5 Å². The first-order valence-corrected chi connectivity index (χ1v) is 8.18. The van der Waals surface area contributed by atoms with Crippen LogP contribution in [0.15, 0.2) is 59.4 Å². The summed E-state index contributed by atoms with van der Waals surface area (Å²) in [5, 5.41) is 0. The van der Waals surface area contributed by atoms with Gasteiger partial charge in [-0.15, -0.1) is 0 Å². The minimum Gasteiger partial charge on any atom is -0.427 e. The first kappa shape index (κ1) is 19.1. The number of esters is 2. The van der Waals surface area contributed by atoms with E-state index in [4.69, 9.17) is 9.47 Å². The Bertz CT molecular complexity index is 880. The molecule has 2 aromatic rings. The Kier molecular flexibility index (Phi) is 6.44. The van der Waals surface area contributed by atoms with Crippen LogP contribution in [-0.2, 0) is 9.59 Å². The maximum Gasteiger partial charge on any atom is 0.336 e. The van der Waals surface area contributed by atoms with Gasteiger partial charge in [0.1, 0.15) is 5.75 Å². The van der Waals surface area contributed by atoms with E-state index in [0.29, 0.717) is 5.75 Å². The van der Waals surface area contributed by atoms with Crippen LogP contribution in [0.1, 0.15) is 37.8 Å². The Morgan fingerprint density at radius 1 is 1.00 bits per heavy atom. The fraction of sp³-hybridized carbons (Fsp3) is 0.190. The van der Waals surface area contributed by atoms with E-state index in [9.17, 15) is 14.4 Å². The summed E-state index contributed by atoms with van der Waals surface area (Å²) in [4.78, 5) is 35.0. The van der Waals surface area contributed by atoms with Crippen molar-refractivity contribution in [3.63, 3.8) is 0 Å². The molecule has 0 atom stereocenters. The van der Waals surface area contributed by atoms with Gasteiger partial charge in [0.2, 0.25) is 5.43 Å². The summed E-state index contributed by atoms with van der Waals surface area (Å²) in [6.45, 7) is 5.29. The van der Waals surface area contributed by atoms with Crippen molar-refractivity contribution < 1.29 is 19.1 Å². The molecule has 0 spiro atoms. The van der Waals surface area contributed by atoms with Crippen LogP contribution in [-0.4, -0.2) is 11.9 Å². The van der Waals surface area contributed by atoms with E-state index in [0.717, 1.165) is 11.1 Å². The van der Waals surface area contributed by atoms with Crippen LogP contribution in [0.3, 0.4) is 0 Å². The smallest absolute Gasteiger partial charge is 0.336 e. The maximum atomic E-state index is 12.1. The van der Waals surface area contributed by atoms with Gasteiger partial charge in [0.25, 0.3) is 0 Å². The standard InChI is InChI=1S/C21H20O5/c1-14(2)17-5-4-6-20(19(23)13-17)26-21(24)12-9-16-7-10-18(11-8-16)25-15(3)22/h4-14H,1-3H3/b12-9+. The molecule has 0 aliphatic heterocycles. The lowest BCUT2D eigenvalue weighted by Crippen LogP contribution is -2.10. The third kappa shape index (κ3) is 5.70. The van der Waals surface area contributed by atoms with E-state index in [-0.39, 0.29) is 17.1 Å². The molecular weight excluding hydrogens is 332 g/mol. The van der Waals surface area contributed by atoms with Gasteiger partial charge in [-0.1, -0.05) is 38.1 Å². The number of rotatable bonds is 5. The van der Waals surface area contributed by atoms with Crippen molar-refractivity contribution in [3.05, 3.63) is 76.0 Å². The Balaban J connectivity index is 2.07. The molecule has 134 valence electrons. The Labute approximate surface area is 151 Å². The highest BCUT2D eigenvalue weighted by molar-refractivity contribution is 5.88. The van der Waals surface area contributed by atoms with Gasteiger partial charge in [-0.25, -0.2) is 4.79 Å². The van der Waals surface area contributed by atoms with E-state index in [1.54, 1.807) is 36.4 Å². The summed E-state index contributed by atoms with van der Waals surface area (Å²) >= 11 is 0. The van der Waals surface area contributed by atoms with Crippen molar-refractivity contribution in [2.24, 2.45) is 0 Å². The van der Waals surface area contributed by atoms with Crippen LogP contribution in [0.2, 0.25) is 0 Å². The summed E-state index contributed by atoms with van der Waals surface area (Å²) in [5.41, 5.74) is 1.26. The Hall–Kier alpha value is -3.21. The van der Waals surface area contributed by atoms with Gasteiger partial charge in [-0.3, -0.25) is 9.59 Å². The van der Waals surface area contributed by atoms with E-state index in [1.165, 1.54) is 25.1 Å². The average molecular weight is 352 g/mol. The summed E-state index contributed by atoms with van der Waals surface area (Å²) in [7, 11) is 0. The SMILES string of the molecule is CC(=O)Oc1ccc(/C=C/C(=O)Oc2cccc(C(C)C)cc2=O)cc1. The van der Waals surface area contributed by atoms with Gasteiger partial charge in [0, 0.05) is 13.0 Å². The van der Waals surface area contributed by atoms with Gasteiger partial charge in [-0.2, -0.15) is 0 Å². The second kappa shape index (κ2) is 8.76. The predicted octanol–water partition coefficient (Wildman–Crippen LogP) is 3.71. The maximum absolute atomic E-state index is 12.1. The fourth-order valence-corrected chi connectivity index (χ4v) is 2.16. The third-order valence-electron chi connectivity index (χ3n) is 3.51. The molecule has 0 aliphatic carbocycles. The molecule has 0 saturated heterocycles. The molecule has 0 bridgehead atoms. The summed E-state index contributed by atoms with van der Waals surface area (Å²) < 4.78 is 10.1. The van der Waals surface area contributed by atoms with Gasteiger partial charge in [-0.05, 0) is 47.4 Å². The molecule has 2 rings (SSSR count). The second-order valence-electron chi connectivity index (χ2n) is 5.97. The van der Waals surface area contributed by atoms with E-state index < -0.39 is 11.9 Å². The molecule has 26 heavy (non-hydrogen) atoms. The molecule has 0 aliphatic rings. The van der Waals surface area contributed by atoms with Crippen LogP contribution >= 0.6 is 0 Å². The number of hydrogen-bond acceptors (Lipinski definition) is 5. The summed E-state index contributed by atoms with van der Waals surface area (Å²) in [6.07, 6.45) is 2.78. The largest absolute Gasteiger partial charge is 0.427 e. The molecular formula is C21H20O5. The fourth-order valence-electron chi connectivity index (χ4n) is 2.16. The van der Waals surface area contributed by atoms with Crippen LogP contribution in [0.25, 0.3) is 6.08 Å². The lowest BCUT2D eigenvalue weighted by Gasteiger charge is -2.01. The predicted molar refractivity (Wildman–Crippen MR) is 99.2 cm³/mol. The molecule has 0 radical (unpaired) electrons. The molecule has 0 heterocycles. The van der Waals surface area contributed by atoms with Crippen molar-refractivity contribution in [2.45, 2.75) is 26.7 Å². The van der Waals surface area contributed by atoms with Gasteiger partial charge in [0.15, 0.2) is 5.75 Å². The normalized spacial score (nSPS) is 10.8. The molecule has 0 fully saturated rings. The molecule has 0 unspecified atom stereocenters. The van der Waals surface area contributed by atoms with Crippen LogP contribution in [0, 0.1) is 0 Å². The molecule has 0 amide bonds. The number of ether oxygens (including phenoxy) is 2. The molecule has 5 heteroatoms. The number of benzene rings is 1. The Morgan fingerprint density at radius 3 is 2.31 bits per heavy atom. The van der Waals surface area contributed by atoms with E-state index >= 15 is 0 Å². The van der Waals surface area contributed by atoms with Gasteiger partial charge < -0.3 is 9.47 Å². The Morgan fingerprint density at radius 2 is 1.69 bits per heavy atom. The van der Waals surface area contributed by atoms with Gasteiger partial charge in [0.05, 0.1) is 0 Å². The van der Waals surface area contributed by atoms with Crippen molar-refractivity contribution >= 4 is 18.0 Å². The highest BCUT2D eigenvalue weighted by atomic mass is 16.5. The zero-order valence-corrected chi connectivity index (χ0v) is 14.9. The summed E-state index contributed by atoms with van der Waals surface area (Å²) in [5.74, 6) is -0.443. The topological polar surface area (TPSA) is 69.7 Å². The summed E-state index contributed by atoms with van der Waals surface area (Å²) in [6, 6.07) is 13.1. The second-order valence-corrected chi connectivity index (χ2v) is 5.97. The van der Waals surface area contributed by atoms with Crippen molar-refractivity contribution in [1.82, 2.24) is 0 Å². The third-order valence-corrected chi connectivity index (χ3v) is 3.51. The van der Waals surface area contributed by atoms with Crippen molar-refractivity contribution in [1.29, 1.82) is 0 Å². The van der Waals surface area contributed by atoms with Crippen molar-refractivity contribution in [3.8, 4) is 11.5 Å². The molecule has 0 aromatic heterocycles. The zero-order chi connectivity index (χ0) is 19.1. The van der Waals surface area contributed by atoms with Crippen molar-refractivity contribution in [2.75, 3.05) is 0 Å². The molecule has 2 aromatic carbocycles. The lowest BCUT2D eigenvalue weighted by atomic mass is 10.1. The van der Waals surface area contributed by atoms with Crippen LogP contribution in [0.4, 0.5) is 0 Å². The molecule has 0 N–H and O–H groups in total. The van der Waals surface area contributed by atoms with Gasteiger partial charge >= 0.3 is 11.9 Å². The highest BCUT2D eigenvalue weighted by Gasteiger charge is 2.06. The lowest BCUT2D eigenvalue weighted by molar-refractivity contribution is -0.132. The minimum atomic E-state index is -0.650. The number of hydrogen-bond donors (Lipinski definition) is 0.